The number of anilines is 1. The number of hydrogen-bond donors (Lipinski definition) is 1. The van der Waals surface area contributed by atoms with E-state index in [0.717, 1.165) is 5.56 Å². The first-order valence-corrected chi connectivity index (χ1v) is 5.88. The molecule has 2 aromatic rings. The Balaban J connectivity index is 2.11. The van der Waals surface area contributed by atoms with Crippen LogP contribution in [0.25, 0.3) is 0 Å². The van der Waals surface area contributed by atoms with Gasteiger partial charge in [0, 0.05) is 26.0 Å². The smallest absolute Gasteiger partial charge is 0.338 e. The van der Waals surface area contributed by atoms with Crippen LogP contribution in [0.5, 0.6) is 0 Å². The van der Waals surface area contributed by atoms with Crippen molar-refractivity contribution in [2.24, 2.45) is 0 Å². The van der Waals surface area contributed by atoms with Gasteiger partial charge in [0.05, 0.1) is 5.56 Å². The molecule has 98 valence electrons. The van der Waals surface area contributed by atoms with Crippen LogP contribution in [0.1, 0.15) is 21.5 Å². The third-order valence-electron chi connectivity index (χ3n) is 2.73. The zero-order valence-corrected chi connectivity index (χ0v) is 10.9. The van der Waals surface area contributed by atoms with Crippen molar-refractivity contribution in [3.8, 4) is 0 Å². The van der Waals surface area contributed by atoms with E-state index in [1.54, 1.807) is 0 Å². The number of rotatable bonds is 4. The van der Waals surface area contributed by atoms with Gasteiger partial charge in [0.15, 0.2) is 0 Å². The van der Waals surface area contributed by atoms with E-state index in [9.17, 15) is 4.79 Å². The van der Waals surface area contributed by atoms with E-state index in [1.165, 1.54) is 18.0 Å². The molecule has 0 aliphatic carbocycles. The van der Waals surface area contributed by atoms with Crippen LogP contribution in [0, 0.1) is 6.92 Å². The Morgan fingerprint density at radius 2 is 2.00 bits per heavy atom. The van der Waals surface area contributed by atoms with Gasteiger partial charge in [0.25, 0.3) is 0 Å². The molecular formula is C14H15N3O2. The van der Waals surface area contributed by atoms with Gasteiger partial charge in [-0.2, -0.15) is 0 Å². The van der Waals surface area contributed by atoms with Gasteiger partial charge in [0.1, 0.15) is 0 Å². The van der Waals surface area contributed by atoms with Crippen molar-refractivity contribution >= 4 is 11.9 Å². The van der Waals surface area contributed by atoms with E-state index in [1.807, 2.05) is 37.1 Å². The number of nitrogens with zero attached hydrogens (tertiary/aromatic N) is 3. The SMILES string of the molecule is Cc1cccc(CN(C)c2ncc(C(=O)O)cn2)c1. The van der Waals surface area contributed by atoms with Crippen molar-refractivity contribution in [3.63, 3.8) is 0 Å². The number of carbonyl (C=O) groups is 1. The highest BCUT2D eigenvalue weighted by Gasteiger charge is 2.08. The van der Waals surface area contributed by atoms with Gasteiger partial charge in [0.2, 0.25) is 5.95 Å². The Morgan fingerprint density at radius 3 is 2.58 bits per heavy atom. The molecule has 1 heterocycles. The first kappa shape index (κ1) is 13.0. The van der Waals surface area contributed by atoms with E-state index in [2.05, 4.69) is 16.0 Å². The maximum atomic E-state index is 10.7. The summed E-state index contributed by atoms with van der Waals surface area (Å²) in [7, 11) is 1.87. The third-order valence-corrected chi connectivity index (χ3v) is 2.73. The average molecular weight is 257 g/mol. The molecule has 0 atom stereocenters. The van der Waals surface area contributed by atoms with Gasteiger partial charge in [-0.05, 0) is 12.5 Å². The Hall–Kier alpha value is -2.43. The topological polar surface area (TPSA) is 66.3 Å². The molecule has 0 amide bonds. The van der Waals surface area contributed by atoms with Crippen molar-refractivity contribution in [2.75, 3.05) is 11.9 Å². The van der Waals surface area contributed by atoms with Crippen molar-refractivity contribution in [1.82, 2.24) is 9.97 Å². The monoisotopic (exact) mass is 257 g/mol. The highest BCUT2D eigenvalue weighted by atomic mass is 16.4. The fraction of sp³-hybridized carbons (Fsp3) is 0.214. The van der Waals surface area contributed by atoms with Gasteiger partial charge in [-0.25, -0.2) is 14.8 Å². The van der Waals surface area contributed by atoms with Crippen molar-refractivity contribution in [1.29, 1.82) is 0 Å². The highest BCUT2D eigenvalue weighted by Crippen LogP contribution is 2.11. The van der Waals surface area contributed by atoms with Crippen molar-refractivity contribution < 1.29 is 9.90 Å². The fourth-order valence-corrected chi connectivity index (χ4v) is 1.78. The van der Waals surface area contributed by atoms with Crippen LogP contribution in [0.15, 0.2) is 36.7 Å². The average Bonchev–Trinajstić information content (AvgIpc) is 2.39. The summed E-state index contributed by atoms with van der Waals surface area (Å²) in [6.07, 6.45) is 2.63. The van der Waals surface area contributed by atoms with Crippen molar-refractivity contribution in [2.45, 2.75) is 13.5 Å². The second-order valence-electron chi connectivity index (χ2n) is 4.42. The van der Waals surface area contributed by atoms with Gasteiger partial charge in [-0.1, -0.05) is 29.8 Å². The van der Waals surface area contributed by atoms with Crippen LogP contribution in [-0.2, 0) is 6.54 Å². The van der Waals surface area contributed by atoms with Gasteiger partial charge < -0.3 is 10.0 Å². The molecule has 19 heavy (non-hydrogen) atoms. The molecule has 0 radical (unpaired) electrons. The third kappa shape index (κ3) is 3.28. The lowest BCUT2D eigenvalue weighted by atomic mass is 10.1. The zero-order chi connectivity index (χ0) is 13.8. The molecule has 1 aromatic carbocycles. The predicted octanol–water partition coefficient (Wildman–Crippen LogP) is 2.12. The second kappa shape index (κ2) is 5.48. The Kier molecular flexibility index (Phi) is 3.75. The van der Waals surface area contributed by atoms with Gasteiger partial charge >= 0.3 is 5.97 Å². The minimum absolute atomic E-state index is 0.0905. The summed E-state index contributed by atoms with van der Waals surface area (Å²) in [4.78, 5) is 20.7. The molecule has 5 heteroatoms. The molecule has 0 fully saturated rings. The zero-order valence-electron chi connectivity index (χ0n) is 10.9. The lowest BCUT2D eigenvalue weighted by Gasteiger charge is -2.17. The van der Waals surface area contributed by atoms with Crippen LogP contribution in [0.2, 0.25) is 0 Å². The number of aryl methyl sites for hydroxylation is 1. The van der Waals surface area contributed by atoms with E-state index in [-0.39, 0.29) is 5.56 Å². The lowest BCUT2D eigenvalue weighted by Crippen LogP contribution is -2.19. The van der Waals surface area contributed by atoms with Gasteiger partial charge in [-0.3, -0.25) is 0 Å². The van der Waals surface area contributed by atoms with Crippen LogP contribution in [0.4, 0.5) is 5.95 Å². The lowest BCUT2D eigenvalue weighted by molar-refractivity contribution is 0.0696. The highest BCUT2D eigenvalue weighted by molar-refractivity contribution is 5.86. The molecular weight excluding hydrogens is 242 g/mol. The largest absolute Gasteiger partial charge is 0.478 e. The van der Waals surface area contributed by atoms with E-state index < -0.39 is 5.97 Å². The molecule has 0 saturated heterocycles. The first-order chi connectivity index (χ1) is 9.06. The Labute approximate surface area is 111 Å². The summed E-state index contributed by atoms with van der Waals surface area (Å²) in [6, 6.07) is 8.19. The number of carboxylic acids is 1. The minimum Gasteiger partial charge on any atom is -0.478 e. The summed E-state index contributed by atoms with van der Waals surface area (Å²) in [5.74, 6) is -0.514. The molecule has 5 nitrogen and oxygen atoms in total. The molecule has 0 unspecified atom stereocenters. The molecule has 0 bridgehead atoms. The summed E-state index contributed by atoms with van der Waals surface area (Å²) in [5.41, 5.74) is 2.45. The van der Waals surface area contributed by atoms with E-state index >= 15 is 0 Å². The second-order valence-corrected chi connectivity index (χ2v) is 4.42. The molecule has 0 aliphatic heterocycles. The number of aromatic nitrogens is 2. The van der Waals surface area contributed by atoms with Crippen LogP contribution >= 0.6 is 0 Å². The summed E-state index contributed by atoms with van der Waals surface area (Å²) in [6.45, 7) is 2.72. The van der Waals surface area contributed by atoms with Crippen LogP contribution in [0.3, 0.4) is 0 Å². The maximum Gasteiger partial charge on any atom is 0.338 e. The maximum absolute atomic E-state index is 10.7. The predicted molar refractivity (Wildman–Crippen MR) is 72.3 cm³/mol. The molecule has 1 N–H and O–H groups in total. The number of hydrogen-bond acceptors (Lipinski definition) is 4. The fourth-order valence-electron chi connectivity index (χ4n) is 1.78. The van der Waals surface area contributed by atoms with Crippen LogP contribution < -0.4 is 4.90 Å². The van der Waals surface area contributed by atoms with E-state index in [4.69, 9.17) is 5.11 Å². The normalized spacial score (nSPS) is 10.2. The molecule has 1 aromatic heterocycles. The first-order valence-electron chi connectivity index (χ1n) is 5.88. The molecule has 0 spiro atoms. The summed E-state index contributed by atoms with van der Waals surface area (Å²) >= 11 is 0. The number of benzene rings is 1. The van der Waals surface area contributed by atoms with Gasteiger partial charge in [-0.15, -0.1) is 0 Å². The number of carboxylic acid groups (broad SMARTS) is 1. The molecule has 0 aliphatic rings. The Bertz CT molecular complexity index is 581. The van der Waals surface area contributed by atoms with E-state index in [0.29, 0.717) is 12.5 Å². The van der Waals surface area contributed by atoms with Crippen molar-refractivity contribution in [3.05, 3.63) is 53.3 Å². The van der Waals surface area contributed by atoms with Crippen LogP contribution in [-0.4, -0.2) is 28.1 Å². The molecule has 2 rings (SSSR count). The minimum atomic E-state index is -1.02. The molecule has 0 saturated carbocycles. The number of aromatic carboxylic acids is 1. The summed E-state index contributed by atoms with van der Waals surface area (Å²) in [5, 5.41) is 8.79. The quantitative estimate of drug-likeness (QED) is 0.908. The Morgan fingerprint density at radius 1 is 1.32 bits per heavy atom. The summed E-state index contributed by atoms with van der Waals surface area (Å²) < 4.78 is 0. The standard InChI is InChI=1S/C14H15N3O2/c1-10-4-3-5-11(6-10)9-17(2)14-15-7-12(8-16-14)13(18)19/h3-8H,9H2,1-2H3,(H,18,19).